The third kappa shape index (κ3) is 2.55. The molecule has 4 nitrogen and oxygen atoms in total. The number of likely N-dealkylation sites (N-methyl/N-ethyl adjacent to an activating group) is 1. The van der Waals surface area contributed by atoms with Crippen molar-refractivity contribution in [2.75, 3.05) is 7.05 Å². The molecule has 2 heterocycles. The molecule has 0 saturated carbocycles. The minimum Gasteiger partial charge on any atom is -0.348 e. The van der Waals surface area contributed by atoms with Gasteiger partial charge in [0.25, 0.3) is 5.91 Å². The molecule has 1 atom stereocenters. The summed E-state index contributed by atoms with van der Waals surface area (Å²) in [5, 5.41) is 8.97. The molecular weight excluding hydrogens is 282 g/mol. The van der Waals surface area contributed by atoms with Gasteiger partial charge in [-0.1, -0.05) is 23.9 Å². The van der Waals surface area contributed by atoms with Crippen LogP contribution < -0.4 is 0 Å². The monoisotopic (exact) mass is 297 g/mol. The summed E-state index contributed by atoms with van der Waals surface area (Å²) in [4.78, 5) is 17.2. The molecule has 0 saturated heterocycles. The van der Waals surface area contributed by atoms with E-state index in [-0.39, 0.29) is 11.4 Å². The molecule has 1 unspecified atom stereocenters. The van der Waals surface area contributed by atoms with E-state index in [1.165, 1.54) is 0 Å². The molecule has 1 aromatic carbocycles. The summed E-state index contributed by atoms with van der Waals surface area (Å²) in [6, 6.07) is 9.67. The van der Waals surface area contributed by atoms with E-state index >= 15 is 0 Å². The van der Waals surface area contributed by atoms with Crippen molar-refractivity contribution in [2.24, 2.45) is 0 Å². The lowest BCUT2D eigenvalue weighted by Gasteiger charge is -2.37. The van der Waals surface area contributed by atoms with E-state index in [9.17, 15) is 4.79 Å². The number of carbonyl (C=O) groups excluding carboxylic acids is 1. The lowest BCUT2D eigenvalue weighted by atomic mass is 10.1. The van der Waals surface area contributed by atoms with Gasteiger partial charge in [0.15, 0.2) is 5.50 Å². The summed E-state index contributed by atoms with van der Waals surface area (Å²) in [6.07, 6.45) is 4.24. The third-order valence-corrected chi connectivity index (χ3v) is 4.85. The second kappa shape index (κ2) is 5.30. The predicted octanol–water partition coefficient (Wildman–Crippen LogP) is 2.65. The minimum atomic E-state index is 0.0108. The second-order valence-corrected chi connectivity index (χ2v) is 6.47. The Labute approximate surface area is 128 Å². The SMILES string of the molecule is CC1=CN2C(=O)C=C(Cc3cccc(C#N)c3)N(C)C2S1. The fraction of sp³-hybridized carbons (Fsp3) is 0.250. The average molecular weight is 297 g/mol. The Balaban J connectivity index is 1.85. The van der Waals surface area contributed by atoms with Crippen LogP contribution in [-0.2, 0) is 11.2 Å². The van der Waals surface area contributed by atoms with Gasteiger partial charge in [0, 0.05) is 36.3 Å². The first-order valence-electron chi connectivity index (χ1n) is 6.68. The van der Waals surface area contributed by atoms with Crippen LogP contribution in [0.2, 0.25) is 0 Å². The molecule has 21 heavy (non-hydrogen) atoms. The lowest BCUT2D eigenvalue weighted by molar-refractivity contribution is -0.126. The summed E-state index contributed by atoms with van der Waals surface area (Å²) < 4.78 is 0. The fourth-order valence-corrected chi connectivity index (χ4v) is 3.63. The summed E-state index contributed by atoms with van der Waals surface area (Å²) in [6.45, 7) is 2.01. The molecule has 2 aliphatic heterocycles. The highest BCUT2D eigenvalue weighted by atomic mass is 32.2. The van der Waals surface area contributed by atoms with Gasteiger partial charge in [-0.3, -0.25) is 9.69 Å². The van der Waals surface area contributed by atoms with Crippen LogP contribution in [0.25, 0.3) is 0 Å². The molecule has 1 amide bonds. The Morgan fingerprint density at radius 2 is 2.24 bits per heavy atom. The maximum Gasteiger partial charge on any atom is 0.254 e. The van der Waals surface area contributed by atoms with Gasteiger partial charge in [-0.05, 0) is 24.6 Å². The third-order valence-electron chi connectivity index (χ3n) is 3.62. The number of hydrogen-bond acceptors (Lipinski definition) is 4. The number of thioether (sulfide) groups is 1. The Morgan fingerprint density at radius 3 is 3.00 bits per heavy atom. The topological polar surface area (TPSA) is 47.3 Å². The van der Waals surface area contributed by atoms with Crippen molar-refractivity contribution in [1.82, 2.24) is 9.80 Å². The van der Waals surface area contributed by atoms with E-state index in [0.717, 1.165) is 16.2 Å². The van der Waals surface area contributed by atoms with E-state index in [0.29, 0.717) is 12.0 Å². The van der Waals surface area contributed by atoms with Gasteiger partial charge in [0.2, 0.25) is 0 Å². The van der Waals surface area contributed by atoms with Crippen LogP contribution >= 0.6 is 11.8 Å². The van der Waals surface area contributed by atoms with Crippen LogP contribution in [-0.4, -0.2) is 28.3 Å². The van der Waals surface area contributed by atoms with Crippen LogP contribution in [0.1, 0.15) is 18.1 Å². The van der Waals surface area contributed by atoms with Crippen LogP contribution in [0.4, 0.5) is 0 Å². The molecule has 5 heteroatoms. The fourth-order valence-electron chi connectivity index (χ4n) is 2.55. The van der Waals surface area contributed by atoms with Gasteiger partial charge in [-0.2, -0.15) is 5.26 Å². The zero-order valence-electron chi connectivity index (χ0n) is 11.9. The molecule has 0 aliphatic carbocycles. The van der Waals surface area contributed by atoms with Gasteiger partial charge in [0.05, 0.1) is 11.6 Å². The molecule has 0 fully saturated rings. The van der Waals surface area contributed by atoms with Gasteiger partial charge >= 0.3 is 0 Å². The molecule has 1 aromatic rings. The van der Waals surface area contributed by atoms with E-state index < -0.39 is 0 Å². The Morgan fingerprint density at radius 1 is 1.43 bits per heavy atom. The van der Waals surface area contributed by atoms with Gasteiger partial charge in [-0.15, -0.1) is 0 Å². The van der Waals surface area contributed by atoms with Crippen LogP contribution in [0.5, 0.6) is 0 Å². The van der Waals surface area contributed by atoms with Crippen molar-refractivity contribution >= 4 is 17.7 Å². The quantitative estimate of drug-likeness (QED) is 0.842. The number of hydrogen-bond donors (Lipinski definition) is 0. The number of amides is 1. The Bertz CT molecular complexity index is 702. The molecule has 0 aromatic heterocycles. The first-order valence-corrected chi connectivity index (χ1v) is 7.56. The zero-order chi connectivity index (χ0) is 15.0. The predicted molar refractivity (Wildman–Crippen MR) is 82.7 cm³/mol. The van der Waals surface area contributed by atoms with E-state index in [1.54, 1.807) is 28.8 Å². The average Bonchev–Trinajstić information content (AvgIpc) is 2.87. The molecule has 2 aliphatic rings. The number of benzene rings is 1. The van der Waals surface area contributed by atoms with E-state index in [2.05, 4.69) is 11.0 Å². The highest BCUT2D eigenvalue weighted by molar-refractivity contribution is 8.03. The minimum absolute atomic E-state index is 0.0108. The smallest absolute Gasteiger partial charge is 0.254 e. The van der Waals surface area contributed by atoms with Crippen molar-refractivity contribution in [3.05, 3.63) is 58.3 Å². The number of rotatable bonds is 2. The van der Waals surface area contributed by atoms with Gasteiger partial charge in [0.1, 0.15) is 0 Å². The van der Waals surface area contributed by atoms with Crippen molar-refractivity contribution in [3.63, 3.8) is 0 Å². The van der Waals surface area contributed by atoms with Gasteiger partial charge < -0.3 is 4.90 Å². The maximum atomic E-state index is 12.2. The molecule has 3 rings (SSSR count). The first kappa shape index (κ1) is 13.8. The number of nitriles is 1. The molecule has 0 N–H and O–H groups in total. The number of nitrogens with zero attached hydrogens (tertiary/aromatic N) is 3. The number of carbonyl (C=O) groups is 1. The van der Waals surface area contributed by atoms with Gasteiger partial charge in [-0.25, -0.2) is 0 Å². The zero-order valence-corrected chi connectivity index (χ0v) is 12.7. The first-order chi connectivity index (χ1) is 10.1. The normalized spacial score (nSPS) is 20.8. The number of allylic oxidation sites excluding steroid dienone is 2. The molecular formula is C16H15N3OS. The van der Waals surface area contributed by atoms with Crippen molar-refractivity contribution in [2.45, 2.75) is 18.8 Å². The Hall–Kier alpha value is -2.19. The van der Waals surface area contributed by atoms with Crippen molar-refractivity contribution in [3.8, 4) is 6.07 Å². The second-order valence-electron chi connectivity index (χ2n) is 5.16. The molecule has 0 spiro atoms. The summed E-state index contributed by atoms with van der Waals surface area (Å²) >= 11 is 1.68. The summed E-state index contributed by atoms with van der Waals surface area (Å²) in [5.41, 5.74) is 2.68. The highest BCUT2D eigenvalue weighted by Gasteiger charge is 2.35. The summed E-state index contributed by atoms with van der Waals surface area (Å²) in [5.74, 6) is 0.0221. The lowest BCUT2D eigenvalue weighted by Crippen LogP contribution is -2.46. The maximum absolute atomic E-state index is 12.2. The van der Waals surface area contributed by atoms with Crippen LogP contribution in [0.3, 0.4) is 0 Å². The van der Waals surface area contributed by atoms with E-state index in [1.807, 2.05) is 38.4 Å². The highest BCUT2D eigenvalue weighted by Crippen LogP contribution is 2.38. The number of fused-ring (bicyclic) bond motifs is 1. The van der Waals surface area contributed by atoms with E-state index in [4.69, 9.17) is 5.26 Å². The molecule has 0 bridgehead atoms. The molecule has 106 valence electrons. The van der Waals surface area contributed by atoms with Crippen LogP contribution in [0, 0.1) is 11.3 Å². The standard InChI is InChI=1S/C16H15N3OS/c1-11-10-19-15(20)8-14(18(2)16(19)21-11)7-12-4-3-5-13(6-12)9-17/h3-6,8,10,16H,7H2,1-2H3. The van der Waals surface area contributed by atoms with Crippen molar-refractivity contribution < 1.29 is 4.79 Å². The Kier molecular flexibility index (Phi) is 3.48. The van der Waals surface area contributed by atoms with Crippen molar-refractivity contribution in [1.29, 1.82) is 5.26 Å². The molecule has 0 radical (unpaired) electrons. The largest absolute Gasteiger partial charge is 0.348 e. The van der Waals surface area contributed by atoms with Crippen LogP contribution in [0.15, 0.2) is 47.1 Å². The summed E-state index contributed by atoms with van der Waals surface area (Å²) in [7, 11) is 2.00.